The maximum absolute atomic E-state index is 13.2. The van der Waals surface area contributed by atoms with Crippen LogP contribution < -0.4 is 4.74 Å². The number of benzene rings is 1. The summed E-state index contributed by atoms with van der Waals surface area (Å²) in [5.74, 6) is 5.77. The summed E-state index contributed by atoms with van der Waals surface area (Å²) >= 11 is 0. The fraction of sp³-hybridized carbons (Fsp3) is 0.467. The molecule has 1 rings (SSSR count). The van der Waals surface area contributed by atoms with Crippen molar-refractivity contribution in [3.05, 3.63) is 29.6 Å². The molecule has 0 radical (unpaired) electrons. The lowest BCUT2D eigenvalue weighted by atomic mass is 10.2. The Morgan fingerprint density at radius 2 is 2.16 bits per heavy atom. The van der Waals surface area contributed by atoms with Crippen molar-refractivity contribution in [3.8, 4) is 17.6 Å². The van der Waals surface area contributed by atoms with Crippen LogP contribution in [0.1, 0.15) is 25.3 Å². The van der Waals surface area contributed by atoms with Gasteiger partial charge in [-0.05, 0) is 25.1 Å². The number of aliphatic hydroxyl groups excluding tert-OH is 1. The topological polar surface area (TPSA) is 38.7 Å². The highest BCUT2D eigenvalue weighted by Gasteiger charge is 2.03. The lowest BCUT2D eigenvalue weighted by molar-refractivity contribution is 0.131. The molecule has 0 unspecified atom stereocenters. The molecular weight excluding hydrogens is 247 g/mol. The van der Waals surface area contributed by atoms with E-state index < -0.39 is 0 Å². The molecule has 3 nitrogen and oxygen atoms in total. The third-order valence-corrected chi connectivity index (χ3v) is 2.30. The van der Waals surface area contributed by atoms with Crippen LogP contribution in [0.2, 0.25) is 0 Å². The van der Waals surface area contributed by atoms with Gasteiger partial charge in [-0.15, -0.1) is 0 Å². The fourth-order valence-corrected chi connectivity index (χ4v) is 1.43. The Morgan fingerprint density at radius 1 is 1.32 bits per heavy atom. The first-order chi connectivity index (χ1) is 9.27. The van der Waals surface area contributed by atoms with Crippen LogP contribution in [0.25, 0.3) is 0 Å². The Kier molecular flexibility index (Phi) is 7.64. The Hall–Kier alpha value is -1.57. The molecule has 19 heavy (non-hydrogen) atoms. The van der Waals surface area contributed by atoms with Crippen LogP contribution >= 0.6 is 0 Å². The third kappa shape index (κ3) is 6.23. The number of halogens is 1. The summed E-state index contributed by atoms with van der Waals surface area (Å²) in [5, 5.41) is 8.67. The largest absolute Gasteiger partial charge is 0.492 e. The van der Waals surface area contributed by atoms with E-state index in [0.29, 0.717) is 37.6 Å². The highest BCUT2D eigenvalue weighted by atomic mass is 19.1. The molecule has 1 N–H and O–H groups in total. The van der Waals surface area contributed by atoms with E-state index >= 15 is 0 Å². The molecule has 0 aliphatic heterocycles. The number of hydrogen-bond donors (Lipinski definition) is 1. The maximum Gasteiger partial charge on any atom is 0.135 e. The van der Waals surface area contributed by atoms with Crippen LogP contribution in [0, 0.1) is 17.7 Å². The van der Waals surface area contributed by atoms with Crippen molar-refractivity contribution in [3.63, 3.8) is 0 Å². The van der Waals surface area contributed by atoms with Gasteiger partial charge in [0.25, 0.3) is 0 Å². The molecule has 4 heteroatoms. The van der Waals surface area contributed by atoms with Crippen LogP contribution in [0.4, 0.5) is 4.39 Å². The second-order valence-electron chi connectivity index (χ2n) is 3.81. The van der Waals surface area contributed by atoms with Gasteiger partial charge < -0.3 is 14.6 Å². The molecule has 0 saturated carbocycles. The Morgan fingerprint density at radius 3 is 2.89 bits per heavy atom. The van der Waals surface area contributed by atoms with E-state index in [1.54, 1.807) is 6.07 Å². The summed E-state index contributed by atoms with van der Waals surface area (Å²) in [6.45, 7) is 3.76. The predicted molar refractivity (Wildman–Crippen MR) is 71.6 cm³/mol. The summed E-state index contributed by atoms with van der Waals surface area (Å²) < 4.78 is 23.9. The van der Waals surface area contributed by atoms with E-state index in [2.05, 4.69) is 11.8 Å². The SMILES string of the molecule is CCOCCCOc1ccc(F)cc1C#CCCO. The van der Waals surface area contributed by atoms with Crippen molar-refractivity contribution in [2.75, 3.05) is 26.4 Å². The van der Waals surface area contributed by atoms with Crippen LogP contribution in [0.15, 0.2) is 18.2 Å². The van der Waals surface area contributed by atoms with Crippen LogP contribution in [0.5, 0.6) is 5.75 Å². The molecule has 0 aromatic heterocycles. The van der Waals surface area contributed by atoms with Gasteiger partial charge in [-0.25, -0.2) is 4.39 Å². The zero-order valence-electron chi connectivity index (χ0n) is 11.1. The van der Waals surface area contributed by atoms with Gasteiger partial charge in [-0.2, -0.15) is 0 Å². The van der Waals surface area contributed by atoms with E-state index in [9.17, 15) is 4.39 Å². The third-order valence-electron chi connectivity index (χ3n) is 2.30. The fourth-order valence-electron chi connectivity index (χ4n) is 1.43. The van der Waals surface area contributed by atoms with Gasteiger partial charge in [0.2, 0.25) is 0 Å². The average Bonchev–Trinajstić information content (AvgIpc) is 2.41. The smallest absolute Gasteiger partial charge is 0.135 e. The quantitative estimate of drug-likeness (QED) is 0.608. The minimum absolute atomic E-state index is 0.00708. The molecule has 0 aliphatic rings. The number of ether oxygens (including phenoxy) is 2. The van der Waals surface area contributed by atoms with E-state index in [-0.39, 0.29) is 12.4 Å². The molecule has 104 valence electrons. The second kappa shape index (κ2) is 9.37. The van der Waals surface area contributed by atoms with E-state index in [1.165, 1.54) is 12.1 Å². The summed E-state index contributed by atoms with van der Waals surface area (Å²) in [6, 6.07) is 4.25. The van der Waals surface area contributed by atoms with Crippen LogP contribution in [-0.4, -0.2) is 31.5 Å². The highest BCUT2D eigenvalue weighted by Crippen LogP contribution is 2.19. The summed E-state index contributed by atoms with van der Waals surface area (Å²) in [4.78, 5) is 0. The van der Waals surface area contributed by atoms with E-state index in [4.69, 9.17) is 14.6 Å². The number of aliphatic hydroxyl groups is 1. The molecule has 0 aliphatic carbocycles. The normalized spacial score (nSPS) is 9.84. The van der Waals surface area contributed by atoms with Crippen molar-refractivity contribution in [2.45, 2.75) is 19.8 Å². The molecule has 0 amide bonds. The Bertz CT molecular complexity index is 435. The second-order valence-corrected chi connectivity index (χ2v) is 3.81. The Balaban J connectivity index is 2.59. The molecular formula is C15H19FO3. The summed E-state index contributed by atoms with van der Waals surface area (Å²) in [6.07, 6.45) is 1.13. The highest BCUT2D eigenvalue weighted by molar-refractivity contribution is 5.46. The zero-order valence-corrected chi connectivity index (χ0v) is 11.1. The van der Waals surface area contributed by atoms with E-state index in [0.717, 1.165) is 6.42 Å². The van der Waals surface area contributed by atoms with Gasteiger partial charge in [-0.1, -0.05) is 11.8 Å². The predicted octanol–water partition coefficient (Wildman–Crippen LogP) is 2.37. The lowest BCUT2D eigenvalue weighted by Crippen LogP contribution is -2.04. The van der Waals surface area contributed by atoms with Crippen molar-refractivity contribution in [1.29, 1.82) is 0 Å². The van der Waals surface area contributed by atoms with Gasteiger partial charge in [0.1, 0.15) is 11.6 Å². The first kappa shape index (κ1) is 15.5. The molecule has 1 aromatic carbocycles. The number of hydrogen-bond acceptors (Lipinski definition) is 3. The molecule has 0 saturated heterocycles. The summed E-state index contributed by atoms with van der Waals surface area (Å²) in [5.41, 5.74) is 0.504. The number of rotatable bonds is 7. The standard InChI is InChI=1S/C15H19FO3/c1-2-18-10-5-11-19-15-8-7-14(16)12-13(15)6-3-4-9-17/h7-8,12,17H,2,4-5,9-11H2,1H3. The van der Waals surface area contributed by atoms with Crippen molar-refractivity contribution >= 4 is 0 Å². The molecule has 1 aromatic rings. The van der Waals surface area contributed by atoms with Crippen molar-refractivity contribution < 1.29 is 19.0 Å². The van der Waals surface area contributed by atoms with Crippen LogP contribution in [0.3, 0.4) is 0 Å². The monoisotopic (exact) mass is 266 g/mol. The molecule has 0 fully saturated rings. The molecule has 0 atom stereocenters. The lowest BCUT2D eigenvalue weighted by Gasteiger charge is -2.08. The maximum atomic E-state index is 13.2. The molecule has 0 bridgehead atoms. The Labute approximate surface area is 113 Å². The zero-order chi connectivity index (χ0) is 13.9. The van der Waals surface area contributed by atoms with Gasteiger partial charge in [0.15, 0.2) is 0 Å². The summed E-state index contributed by atoms with van der Waals surface area (Å²) in [7, 11) is 0. The van der Waals surface area contributed by atoms with Gasteiger partial charge >= 0.3 is 0 Å². The van der Waals surface area contributed by atoms with Crippen molar-refractivity contribution in [1.82, 2.24) is 0 Å². The first-order valence-electron chi connectivity index (χ1n) is 6.37. The van der Waals surface area contributed by atoms with Gasteiger partial charge in [0, 0.05) is 26.1 Å². The van der Waals surface area contributed by atoms with Crippen molar-refractivity contribution in [2.24, 2.45) is 0 Å². The molecule has 0 heterocycles. The minimum Gasteiger partial charge on any atom is -0.492 e. The van der Waals surface area contributed by atoms with Gasteiger partial charge in [0.05, 0.1) is 18.8 Å². The van der Waals surface area contributed by atoms with Crippen LogP contribution in [-0.2, 0) is 4.74 Å². The average molecular weight is 266 g/mol. The minimum atomic E-state index is -0.352. The van der Waals surface area contributed by atoms with Gasteiger partial charge in [-0.3, -0.25) is 0 Å². The van der Waals surface area contributed by atoms with E-state index in [1.807, 2.05) is 6.92 Å². The first-order valence-corrected chi connectivity index (χ1v) is 6.37. The molecule has 0 spiro atoms.